The van der Waals surface area contributed by atoms with Crippen molar-refractivity contribution in [3.63, 3.8) is 0 Å². The number of rotatable bonds is 7. The van der Waals surface area contributed by atoms with Gasteiger partial charge in [-0.3, -0.25) is 0 Å². The van der Waals surface area contributed by atoms with Crippen LogP contribution in [0.2, 0.25) is 0 Å². The summed E-state index contributed by atoms with van der Waals surface area (Å²) in [5.41, 5.74) is 6.68. The van der Waals surface area contributed by atoms with Gasteiger partial charge in [-0.15, -0.1) is 0 Å². The van der Waals surface area contributed by atoms with Crippen LogP contribution in [0.1, 0.15) is 48.7 Å². The lowest BCUT2D eigenvalue weighted by Crippen LogP contribution is -2.01. The molecule has 2 rings (SSSR count). The number of unbranched alkanes of at least 4 members (excludes halogenated alkanes) is 2. The van der Waals surface area contributed by atoms with Crippen molar-refractivity contribution in [2.45, 2.75) is 53.0 Å². The van der Waals surface area contributed by atoms with Gasteiger partial charge in [0.05, 0.1) is 0 Å². The molecule has 1 aromatic heterocycles. The highest BCUT2D eigenvalue weighted by molar-refractivity contribution is 5.45. The fraction of sp³-hybridized carbons (Fsp3) is 0.474. The molecule has 0 radical (unpaired) electrons. The zero-order chi connectivity index (χ0) is 15.2. The van der Waals surface area contributed by atoms with Gasteiger partial charge in [0.15, 0.2) is 0 Å². The first-order valence-corrected chi connectivity index (χ1v) is 8.06. The number of nitrogens with zero attached hydrogens (tertiary/aromatic N) is 1. The van der Waals surface area contributed by atoms with E-state index in [2.05, 4.69) is 68.0 Å². The minimum absolute atomic E-state index is 0.892. The lowest BCUT2D eigenvalue weighted by Gasteiger charge is -2.08. The van der Waals surface area contributed by atoms with Crippen LogP contribution in [0.15, 0.2) is 30.3 Å². The van der Waals surface area contributed by atoms with Gasteiger partial charge in [0.2, 0.25) is 0 Å². The van der Waals surface area contributed by atoms with Crippen LogP contribution in [-0.2, 0) is 20.0 Å². The molecule has 114 valence electrons. The minimum Gasteiger partial charge on any atom is -0.381 e. The smallest absolute Gasteiger partial charge is 0.0418 e. The first-order chi connectivity index (χ1) is 10.1. The maximum absolute atomic E-state index is 3.52. The molecule has 2 nitrogen and oxygen atoms in total. The Morgan fingerprint density at radius 3 is 2.33 bits per heavy atom. The first kappa shape index (κ1) is 15.7. The molecule has 0 bridgehead atoms. The maximum atomic E-state index is 3.52. The molecular formula is C19H28N2. The number of hydrogen-bond acceptors (Lipinski definition) is 1. The molecule has 0 saturated heterocycles. The van der Waals surface area contributed by atoms with Gasteiger partial charge in [0, 0.05) is 30.7 Å². The van der Waals surface area contributed by atoms with Crippen LogP contribution in [0, 0.1) is 13.8 Å². The van der Waals surface area contributed by atoms with Crippen molar-refractivity contribution in [1.82, 2.24) is 4.57 Å². The van der Waals surface area contributed by atoms with Crippen molar-refractivity contribution < 1.29 is 0 Å². The van der Waals surface area contributed by atoms with E-state index >= 15 is 0 Å². The van der Waals surface area contributed by atoms with Gasteiger partial charge in [-0.25, -0.2) is 0 Å². The summed E-state index contributed by atoms with van der Waals surface area (Å²) < 4.78 is 2.24. The number of hydrogen-bond donors (Lipinski definition) is 1. The average molecular weight is 284 g/mol. The summed E-state index contributed by atoms with van der Waals surface area (Å²) in [7, 11) is 2.12. The Labute approximate surface area is 129 Å². The van der Waals surface area contributed by atoms with E-state index in [1.165, 1.54) is 53.9 Å². The van der Waals surface area contributed by atoms with Crippen LogP contribution >= 0.6 is 0 Å². The fourth-order valence-corrected chi connectivity index (χ4v) is 2.68. The van der Waals surface area contributed by atoms with Gasteiger partial charge in [-0.05, 0) is 56.0 Å². The summed E-state index contributed by atoms with van der Waals surface area (Å²) >= 11 is 0. The number of anilines is 1. The highest BCUT2D eigenvalue weighted by Gasteiger charge is 2.05. The molecule has 1 N–H and O–H groups in total. The van der Waals surface area contributed by atoms with Gasteiger partial charge < -0.3 is 9.88 Å². The standard InChI is InChI=1S/C19H28N2/c1-5-6-7-8-17-9-11-19(12-10-17)20-14-18-13-15(2)21(4)16(18)3/h9-13,20H,5-8,14H2,1-4H3. The molecule has 0 spiro atoms. The van der Waals surface area contributed by atoms with Crippen molar-refractivity contribution >= 4 is 5.69 Å². The van der Waals surface area contributed by atoms with Crippen LogP contribution in [0.25, 0.3) is 0 Å². The third kappa shape index (κ3) is 4.13. The molecule has 2 heteroatoms. The molecule has 1 aromatic carbocycles. The topological polar surface area (TPSA) is 17.0 Å². The van der Waals surface area contributed by atoms with Crippen LogP contribution in [-0.4, -0.2) is 4.57 Å². The second-order valence-electron chi connectivity index (χ2n) is 5.96. The predicted molar refractivity (Wildman–Crippen MR) is 91.9 cm³/mol. The van der Waals surface area contributed by atoms with Crippen molar-refractivity contribution in [3.05, 3.63) is 52.8 Å². The molecule has 0 fully saturated rings. The number of benzene rings is 1. The van der Waals surface area contributed by atoms with Gasteiger partial charge in [-0.1, -0.05) is 31.9 Å². The van der Waals surface area contributed by atoms with E-state index in [1.807, 2.05) is 0 Å². The summed E-state index contributed by atoms with van der Waals surface area (Å²) in [4.78, 5) is 0. The molecule has 0 aliphatic rings. The molecule has 1 heterocycles. The third-order valence-corrected chi connectivity index (χ3v) is 4.39. The Bertz CT molecular complexity index is 564. The maximum Gasteiger partial charge on any atom is 0.0418 e. The van der Waals surface area contributed by atoms with E-state index in [1.54, 1.807) is 0 Å². The van der Waals surface area contributed by atoms with Crippen molar-refractivity contribution in [1.29, 1.82) is 0 Å². The van der Waals surface area contributed by atoms with Crippen molar-refractivity contribution in [2.24, 2.45) is 7.05 Å². The van der Waals surface area contributed by atoms with E-state index in [-0.39, 0.29) is 0 Å². The van der Waals surface area contributed by atoms with Gasteiger partial charge in [-0.2, -0.15) is 0 Å². The Kier molecular flexibility index (Phi) is 5.49. The third-order valence-electron chi connectivity index (χ3n) is 4.39. The van der Waals surface area contributed by atoms with E-state index in [0.29, 0.717) is 0 Å². The number of aryl methyl sites for hydroxylation is 2. The summed E-state index contributed by atoms with van der Waals surface area (Å²) in [6, 6.07) is 11.2. The molecular weight excluding hydrogens is 256 g/mol. The molecule has 0 atom stereocenters. The highest BCUT2D eigenvalue weighted by atomic mass is 15.0. The van der Waals surface area contributed by atoms with Gasteiger partial charge in [0.25, 0.3) is 0 Å². The normalized spacial score (nSPS) is 10.9. The Morgan fingerprint density at radius 1 is 1.05 bits per heavy atom. The summed E-state index contributed by atoms with van der Waals surface area (Å²) in [6.07, 6.45) is 5.11. The molecule has 21 heavy (non-hydrogen) atoms. The van der Waals surface area contributed by atoms with Gasteiger partial charge in [0.1, 0.15) is 0 Å². The Morgan fingerprint density at radius 2 is 1.76 bits per heavy atom. The van der Waals surface area contributed by atoms with E-state index in [4.69, 9.17) is 0 Å². The van der Waals surface area contributed by atoms with Crippen molar-refractivity contribution in [2.75, 3.05) is 5.32 Å². The zero-order valence-corrected chi connectivity index (χ0v) is 13.9. The first-order valence-electron chi connectivity index (χ1n) is 8.06. The minimum atomic E-state index is 0.892. The quantitative estimate of drug-likeness (QED) is 0.709. The Hall–Kier alpha value is -1.70. The van der Waals surface area contributed by atoms with Crippen LogP contribution in [0.5, 0.6) is 0 Å². The lowest BCUT2D eigenvalue weighted by molar-refractivity contribution is 0.717. The summed E-state index contributed by atoms with van der Waals surface area (Å²) in [5.74, 6) is 0. The van der Waals surface area contributed by atoms with Gasteiger partial charge >= 0.3 is 0 Å². The monoisotopic (exact) mass is 284 g/mol. The largest absolute Gasteiger partial charge is 0.381 e. The van der Waals surface area contributed by atoms with Crippen molar-refractivity contribution in [3.8, 4) is 0 Å². The predicted octanol–water partition coefficient (Wildman–Crippen LogP) is 4.99. The molecule has 0 unspecified atom stereocenters. The molecule has 0 aliphatic carbocycles. The number of aromatic nitrogens is 1. The van der Waals surface area contributed by atoms with Crippen LogP contribution < -0.4 is 5.32 Å². The fourth-order valence-electron chi connectivity index (χ4n) is 2.68. The molecule has 0 saturated carbocycles. The zero-order valence-electron chi connectivity index (χ0n) is 13.9. The van der Waals surface area contributed by atoms with E-state index in [9.17, 15) is 0 Å². The second kappa shape index (κ2) is 7.35. The molecule has 0 amide bonds. The Balaban J connectivity index is 1.90. The van der Waals surface area contributed by atoms with E-state index < -0.39 is 0 Å². The lowest BCUT2D eigenvalue weighted by atomic mass is 10.1. The SMILES string of the molecule is CCCCCc1ccc(NCc2cc(C)n(C)c2C)cc1. The van der Waals surface area contributed by atoms with Crippen LogP contribution in [0.4, 0.5) is 5.69 Å². The molecule has 2 aromatic rings. The average Bonchev–Trinajstić information content (AvgIpc) is 2.74. The second-order valence-corrected chi connectivity index (χ2v) is 5.96. The summed E-state index contributed by atoms with van der Waals surface area (Å²) in [6.45, 7) is 7.48. The van der Waals surface area contributed by atoms with E-state index in [0.717, 1.165) is 6.54 Å². The molecule has 0 aliphatic heterocycles. The number of nitrogens with one attached hydrogen (secondary N) is 1. The summed E-state index contributed by atoms with van der Waals surface area (Å²) in [5, 5.41) is 3.52. The van der Waals surface area contributed by atoms with Crippen LogP contribution in [0.3, 0.4) is 0 Å². The highest BCUT2D eigenvalue weighted by Crippen LogP contribution is 2.17.